The minimum Gasteiger partial charge on any atom is -0.382 e. The molecule has 0 aliphatic carbocycles. The molecule has 2 rings (SSSR count). The highest BCUT2D eigenvalue weighted by atomic mass is 28.2. The van der Waals surface area contributed by atoms with E-state index in [0.717, 1.165) is 6.61 Å². The SMILES string of the molecule is CCCCCCCCc1ccc(CC(C)(C)[SiH2]C2CCCCO2)cc1. The third kappa shape index (κ3) is 8.55. The summed E-state index contributed by atoms with van der Waals surface area (Å²) in [6.45, 7) is 8.21. The molecule has 1 aliphatic heterocycles. The molecular weight excluding hydrogens is 320 g/mol. The van der Waals surface area contributed by atoms with Crippen molar-refractivity contribution >= 4 is 9.52 Å². The van der Waals surface area contributed by atoms with Gasteiger partial charge in [0.1, 0.15) is 0 Å². The Bertz CT molecular complexity index is 459. The van der Waals surface area contributed by atoms with E-state index in [2.05, 4.69) is 45.0 Å². The second-order valence-electron chi connectivity index (χ2n) is 8.87. The summed E-state index contributed by atoms with van der Waals surface area (Å²) in [6.07, 6.45) is 14.7. The van der Waals surface area contributed by atoms with Gasteiger partial charge in [-0.3, -0.25) is 0 Å². The lowest BCUT2D eigenvalue weighted by molar-refractivity contribution is 0.0633. The van der Waals surface area contributed by atoms with E-state index in [1.807, 2.05) is 0 Å². The standard InChI is InChI=1S/C23H40OSi/c1-4-5-6-7-8-9-12-20-14-16-21(17-15-20)19-23(2,3)25-22-13-10-11-18-24-22/h14-17,22H,4-13,18-19,25H2,1-3H3. The number of benzene rings is 1. The molecule has 1 unspecified atom stereocenters. The maximum absolute atomic E-state index is 6.01. The summed E-state index contributed by atoms with van der Waals surface area (Å²) in [6, 6.07) is 9.50. The lowest BCUT2D eigenvalue weighted by atomic mass is 9.99. The van der Waals surface area contributed by atoms with Gasteiger partial charge in [0.2, 0.25) is 0 Å². The van der Waals surface area contributed by atoms with Crippen molar-refractivity contribution in [2.24, 2.45) is 0 Å². The van der Waals surface area contributed by atoms with Crippen LogP contribution in [0.3, 0.4) is 0 Å². The third-order valence-electron chi connectivity index (χ3n) is 5.58. The summed E-state index contributed by atoms with van der Waals surface area (Å²) in [5, 5.41) is 0.461. The summed E-state index contributed by atoms with van der Waals surface area (Å²) >= 11 is 0. The molecule has 25 heavy (non-hydrogen) atoms. The van der Waals surface area contributed by atoms with Crippen molar-refractivity contribution < 1.29 is 4.74 Å². The largest absolute Gasteiger partial charge is 0.382 e. The van der Waals surface area contributed by atoms with Crippen molar-refractivity contribution in [3.05, 3.63) is 35.4 Å². The van der Waals surface area contributed by atoms with Crippen molar-refractivity contribution in [2.75, 3.05) is 6.61 Å². The first-order valence-electron chi connectivity index (χ1n) is 10.8. The summed E-state index contributed by atoms with van der Waals surface area (Å²) in [5.41, 5.74) is 3.65. The van der Waals surface area contributed by atoms with Crippen LogP contribution in [0.1, 0.15) is 89.7 Å². The molecule has 1 aliphatic rings. The van der Waals surface area contributed by atoms with E-state index in [0.29, 0.717) is 10.8 Å². The fourth-order valence-corrected chi connectivity index (χ4v) is 6.59. The lowest BCUT2D eigenvalue weighted by Crippen LogP contribution is -2.33. The highest BCUT2D eigenvalue weighted by molar-refractivity contribution is 6.41. The number of unbranched alkanes of at least 4 members (excludes halogenated alkanes) is 5. The van der Waals surface area contributed by atoms with Crippen LogP contribution in [0.2, 0.25) is 5.04 Å². The quantitative estimate of drug-likeness (QED) is 0.346. The number of ether oxygens (including phenoxy) is 1. The fourth-order valence-electron chi connectivity index (χ4n) is 4.14. The van der Waals surface area contributed by atoms with E-state index in [-0.39, 0.29) is 9.52 Å². The van der Waals surface area contributed by atoms with Crippen LogP contribution in [0.25, 0.3) is 0 Å². The van der Waals surface area contributed by atoms with Gasteiger partial charge in [-0.05, 0) is 54.7 Å². The molecule has 2 heteroatoms. The van der Waals surface area contributed by atoms with Gasteiger partial charge in [0.15, 0.2) is 0 Å². The van der Waals surface area contributed by atoms with Gasteiger partial charge >= 0.3 is 0 Å². The zero-order chi connectivity index (χ0) is 18.0. The molecule has 0 N–H and O–H groups in total. The zero-order valence-electron chi connectivity index (χ0n) is 17.0. The van der Waals surface area contributed by atoms with Crippen LogP contribution in [-0.2, 0) is 17.6 Å². The van der Waals surface area contributed by atoms with Gasteiger partial charge in [-0.2, -0.15) is 0 Å². The minimum atomic E-state index is -0.206. The molecule has 0 spiro atoms. The van der Waals surface area contributed by atoms with E-state index >= 15 is 0 Å². The first-order chi connectivity index (χ1) is 12.1. The molecule has 142 valence electrons. The van der Waals surface area contributed by atoms with E-state index in [1.54, 1.807) is 0 Å². The zero-order valence-corrected chi connectivity index (χ0v) is 18.4. The Morgan fingerprint density at radius 1 is 0.960 bits per heavy atom. The predicted octanol–water partition coefficient (Wildman–Crippen LogP) is 6.03. The van der Waals surface area contributed by atoms with Crippen LogP contribution >= 0.6 is 0 Å². The second kappa shape index (κ2) is 11.2. The number of hydrogen-bond acceptors (Lipinski definition) is 1. The maximum atomic E-state index is 6.01. The number of hydrogen-bond donors (Lipinski definition) is 0. The molecule has 1 saturated heterocycles. The van der Waals surface area contributed by atoms with Gasteiger partial charge in [-0.15, -0.1) is 0 Å². The molecule has 1 aromatic rings. The molecule has 0 radical (unpaired) electrons. The van der Waals surface area contributed by atoms with E-state index in [1.165, 1.54) is 81.8 Å². The van der Waals surface area contributed by atoms with Crippen molar-refractivity contribution in [2.45, 2.75) is 102 Å². The average Bonchev–Trinajstić information content (AvgIpc) is 2.59. The number of aryl methyl sites for hydroxylation is 1. The normalized spacial score (nSPS) is 18.9. The van der Waals surface area contributed by atoms with Gasteiger partial charge in [-0.1, -0.05) is 77.1 Å². The summed E-state index contributed by atoms with van der Waals surface area (Å²) in [7, 11) is -0.206. The molecule has 1 heterocycles. The van der Waals surface area contributed by atoms with E-state index < -0.39 is 0 Å². The Balaban J connectivity index is 1.71. The second-order valence-corrected chi connectivity index (χ2v) is 12.1. The first kappa shape index (κ1) is 20.7. The van der Waals surface area contributed by atoms with Gasteiger partial charge in [-0.25, -0.2) is 0 Å². The predicted molar refractivity (Wildman–Crippen MR) is 113 cm³/mol. The Kier molecular flexibility index (Phi) is 9.26. The third-order valence-corrected chi connectivity index (χ3v) is 8.03. The molecule has 1 nitrogen and oxygen atoms in total. The average molecular weight is 361 g/mol. The van der Waals surface area contributed by atoms with Crippen LogP contribution in [-0.4, -0.2) is 21.9 Å². The Hall–Kier alpha value is -0.603. The van der Waals surface area contributed by atoms with Gasteiger partial charge in [0.05, 0.1) is 9.52 Å². The first-order valence-corrected chi connectivity index (χ1v) is 12.3. The fraction of sp³-hybridized carbons (Fsp3) is 0.739. The van der Waals surface area contributed by atoms with E-state index in [4.69, 9.17) is 4.74 Å². The highest BCUT2D eigenvalue weighted by Gasteiger charge is 2.26. The monoisotopic (exact) mass is 360 g/mol. The topological polar surface area (TPSA) is 9.23 Å². The van der Waals surface area contributed by atoms with Crippen LogP contribution < -0.4 is 0 Å². The molecular formula is C23H40OSi. The highest BCUT2D eigenvalue weighted by Crippen LogP contribution is 2.31. The molecule has 0 amide bonds. The van der Waals surface area contributed by atoms with Crippen LogP contribution in [0.4, 0.5) is 0 Å². The van der Waals surface area contributed by atoms with E-state index in [9.17, 15) is 0 Å². The summed E-state index contributed by atoms with van der Waals surface area (Å²) in [4.78, 5) is 0. The van der Waals surface area contributed by atoms with Crippen molar-refractivity contribution in [1.29, 1.82) is 0 Å². The Labute approximate surface area is 158 Å². The minimum absolute atomic E-state index is 0.206. The van der Waals surface area contributed by atoms with Crippen LogP contribution in [0.5, 0.6) is 0 Å². The molecule has 0 aromatic heterocycles. The molecule has 0 bridgehead atoms. The smallest absolute Gasteiger partial charge is 0.0619 e. The lowest BCUT2D eigenvalue weighted by Gasteiger charge is -2.31. The van der Waals surface area contributed by atoms with Crippen LogP contribution in [0, 0.1) is 0 Å². The van der Waals surface area contributed by atoms with Gasteiger partial charge in [0, 0.05) is 12.3 Å². The maximum Gasteiger partial charge on any atom is 0.0619 e. The Morgan fingerprint density at radius 2 is 1.64 bits per heavy atom. The van der Waals surface area contributed by atoms with Crippen molar-refractivity contribution in [3.8, 4) is 0 Å². The number of rotatable bonds is 11. The molecule has 1 aromatic carbocycles. The van der Waals surface area contributed by atoms with Crippen molar-refractivity contribution in [1.82, 2.24) is 0 Å². The summed E-state index contributed by atoms with van der Waals surface area (Å²) < 4.78 is 6.01. The molecule has 1 fully saturated rings. The van der Waals surface area contributed by atoms with Gasteiger partial charge in [0.25, 0.3) is 0 Å². The van der Waals surface area contributed by atoms with Crippen LogP contribution in [0.15, 0.2) is 24.3 Å². The summed E-state index contributed by atoms with van der Waals surface area (Å²) in [5.74, 6) is 0. The molecule has 0 saturated carbocycles. The van der Waals surface area contributed by atoms with Gasteiger partial charge < -0.3 is 4.74 Å². The Morgan fingerprint density at radius 3 is 2.32 bits per heavy atom. The molecule has 1 atom stereocenters. The van der Waals surface area contributed by atoms with Crippen molar-refractivity contribution in [3.63, 3.8) is 0 Å².